The molecule has 0 radical (unpaired) electrons. The smallest absolute Gasteiger partial charge is 0.338 e. The van der Waals surface area contributed by atoms with Gasteiger partial charge in [-0.25, -0.2) is 4.98 Å². The third-order valence-electron chi connectivity index (χ3n) is 3.10. The maximum Gasteiger partial charge on any atom is 0.338 e. The van der Waals surface area contributed by atoms with Crippen LogP contribution in [0.3, 0.4) is 0 Å². The second-order valence-electron chi connectivity index (χ2n) is 4.61. The van der Waals surface area contributed by atoms with Crippen LogP contribution in [0.15, 0.2) is 48.7 Å². The normalized spacial score (nSPS) is 14.2. The van der Waals surface area contributed by atoms with Crippen LogP contribution in [0.5, 0.6) is 5.88 Å². The van der Waals surface area contributed by atoms with E-state index in [1.165, 1.54) is 37.4 Å². The third-order valence-corrected chi connectivity index (χ3v) is 4.12. The summed E-state index contributed by atoms with van der Waals surface area (Å²) in [7, 11) is 0. The number of non-ortho nitro benzene ring substituents is 1. The molecule has 0 aliphatic rings. The van der Waals surface area contributed by atoms with E-state index in [2.05, 4.69) is 4.98 Å². The lowest BCUT2D eigenvalue weighted by Gasteiger charge is -2.34. The number of ether oxygens (including phenoxy) is 1. The molecule has 0 saturated carbocycles. The average Bonchev–Trinajstić information content (AvgIpc) is 2.47. The highest BCUT2D eigenvalue weighted by atomic mass is 127. The van der Waals surface area contributed by atoms with Crippen LogP contribution >= 0.6 is 22.6 Å². The molecule has 1 heterocycles. The summed E-state index contributed by atoms with van der Waals surface area (Å²) in [6.45, 7) is 1.17. The minimum atomic E-state index is -3.32. The first kappa shape index (κ1) is 16.5. The second kappa shape index (κ2) is 6.11. The fourth-order valence-electron chi connectivity index (χ4n) is 1.81. The molecular weight excluding hydrogens is 409 g/mol. The lowest BCUT2D eigenvalue weighted by molar-refractivity contribution is -0.385. The van der Waals surface area contributed by atoms with Crippen LogP contribution in [0.4, 0.5) is 14.5 Å². The first-order chi connectivity index (χ1) is 10.2. The molecule has 22 heavy (non-hydrogen) atoms. The highest BCUT2D eigenvalue weighted by Gasteiger charge is 2.52. The Morgan fingerprint density at radius 2 is 2.00 bits per heavy atom. The quantitative estimate of drug-likeness (QED) is 0.313. The number of alkyl halides is 3. The van der Waals surface area contributed by atoms with Crippen molar-refractivity contribution in [1.29, 1.82) is 0 Å². The number of hydrogen-bond acceptors (Lipinski definition) is 4. The van der Waals surface area contributed by atoms with Crippen molar-refractivity contribution in [3.05, 3.63) is 64.3 Å². The third kappa shape index (κ3) is 3.32. The number of hydrogen-bond donors (Lipinski definition) is 0. The van der Waals surface area contributed by atoms with Gasteiger partial charge in [-0.3, -0.25) is 10.1 Å². The molecule has 2 aromatic rings. The zero-order valence-electron chi connectivity index (χ0n) is 11.4. The van der Waals surface area contributed by atoms with Gasteiger partial charge in [-0.05, 0) is 13.0 Å². The Kier molecular flexibility index (Phi) is 4.59. The van der Waals surface area contributed by atoms with Crippen molar-refractivity contribution in [3.8, 4) is 5.88 Å². The first-order valence-electron chi connectivity index (χ1n) is 6.16. The molecule has 1 atom stereocenters. The summed E-state index contributed by atoms with van der Waals surface area (Å²) < 4.78 is 30.4. The maximum absolute atomic E-state index is 14.1. The molecular formula is C14H11F2IN2O3. The number of nitrogens with zero attached hydrogens (tertiary/aromatic N) is 2. The largest absolute Gasteiger partial charge is 0.459 e. The number of nitro benzene ring substituents is 1. The summed E-state index contributed by atoms with van der Waals surface area (Å²) in [5.74, 6) is 0.00727. The van der Waals surface area contributed by atoms with E-state index >= 15 is 0 Å². The van der Waals surface area contributed by atoms with Gasteiger partial charge in [-0.15, -0.1) is 0 Å². The lowest BCUT2D eigenvalue weighted by atomic mass is 9.95. The minimum absolute atomic E-state index is 0.00727. The monoisotopic (exact) mass is 420 g/mol. The molecule has 0 unspecified atom stereocenters. The Hall–Kier alpha value is -1.84. The van der Waals surface area contributed by atoms with Gasteiger partial charge in [0.25, 0.3) is 5.69 Å². The Labute approximate surface area is 138 Å². The van der Waals surface area contributed by atoms with E-state index in [-0.39, 0.29) is 17.1 Å². The average molecular weight is 420 g/mol. The van der Waals surface area contributed by atoms with Crippen molar-refractivity contribution in [3.63, 3.8) is 0 Å². The fourth-order valence-corrected chi connectivity index (χ4v) is 2.23. The van der Waals surface area contributed by atoms with Crippen LogP contribution in [-0.2, 0) is 5.60 Å². The van der Waals surface area contributed by atoms with Crippen molar-refractivity contribution in [1.82, 2.24) is 4.98 Å². The Balaban J connectivity index is 2.50. The summed E-state index contributed by atoms with van der Waals surface area (Å²) in [5.41, 5.74) is -2.39. The van der Waals surface area contributed by atoms with Crippen LogP contribution in [-0.4, -0.2) is 13.8 Å². The number of aromatic nitrogens is 1. The predicted octanol–water partition coefficient (Wildman–Crippen LogP) is 4.31. The number of rotatable bonds is 5. The number of pyridine rings is 1. The van der Waals surface area contributed by atoms with E-state index in [4.69, 9.17) is 4.74 Å². The maximum atomic E-state index is 14.1. The van der Waals surface area contributed by atoms with Crippen molar-refractivity contribution < 1.29 is 18.4 Å². The molecule has 0 N–H and O–H groups in total. The van der Waals surface area contributed by atoms with Gasteiger partial charge in [0.15, 0.2) is 0 Å². The molecule has 1 aromatic heterocycles. The van der Waals surface area contributed by atoms with Crippen molar-refractivity contribution in [2.24, 2.45) is 0 Å². The summed E-state index contributed by atoms with van der Waals surface area (Å²) >= 11 is 0.959. The summed E-state index contributed by atoms with van der Waals surface area (Å²) in [6, 6.07) is 9.68. The predicted molar refractivity (Wildman–Crippen MR) is 84.3 cm³/mol. The molecule has 2 rings (SSSR count). The van der Waals surface area contributed by atoms with Crippen LogP contribution in [0.1, 0.15) is 12.5 Å². The summed E-state index contributed by atoms with van der Waals surface area (Å²) in [6.07, 6.45) is 1.41. The Morgan fingerprint density at radius 1 is 1.27 bits per heavy atom. The summed E-state index contributed by atoms with van der Waals surface area (Å²) in [5, 5.41) is 10.9. The summed E-state index contributed by atoms with van der Waals surface area (Å²) in [4.78, 5) is 14.1. The van der Waals surface area contributed by atoms with Crippen molar-refractivity contribution in [2.45, 2.75) is 16.5 Å². The molecule has 0 spiro atoms. The molecule has 116 valence electrons. The zero-order chi connectivity index (χ0) is 16.4. The second-order valence-corrected chi connectivity index (χ2v) is 5.96. The number of halogens is 3. The van der Waals surface area contributed by atoms with Crippen molar-refractivity contribution in [2.75, 3.05) is 0 Å². The molecule has 5 nitrogen and oxygen atoms in total. The Bertz CT molecular complexity index is 679. The molecule has 0 bridgehead atoms. The van der Waals surface area contributed by atoms with Crippen LogP contribution < -0.4 is 4.74 Å². The van der Waals surface area contributed by atoms with E-state index in [0.717, 1.165) is 28.7 Å². The van der Waals surface area contributed by atoms with Gasteiger partial charge in [-0.1, -0.05) is 18.2 Å². The highest BCUT2D eigenvalue weighted by Crippen LogP contribution is 2.45. The van der Waals surface area contributed by atoms with E-state index in [1.54, 1.807) is 12.1 Å². The molecule has 0 fully saturated rings. The van der Waals surface area contributed by atoms with Crippen molar-refractivity contribution >= 4 is 28.3 Å². The Morgan fingerprint density at radius 3 is 2.55 bits per heavy atom. The van der Waals surface area contributed by atoms with Gasteiger partial charge < -0.3 is 4.74 Å². The van der Waals surface area contributed by atoms with E-state index in [9.17, 15) is 18.9 Å². The molecule has 0 saturated heterocycles. The van der Waals surface area contributed by atoms with Crippen LogP contribution in [0.25, 0.3) is 0 Å². The van der Waals surface area contributed by atoms with Gasteiger partial charge in [0.05, 0.1) is 4.92 Å². The zero-order valence-corrected chi connectivity index (χ0v) is 13.5. The SMILES string of the molecule is C[C@@](Oc1ccccn1)(c1cccc([N+](=O)[O-])c1)C(F)(F)I. The van der Waals surface area contributed by atoms with Gasteiger partial charge >= 0.3 is 3.93 Å². The topological polar surface area (TPSA) is 65.3 Å². The van der Waals surface area contributed by atoms with Gasteiger partial charge in [0.2, 0.25) is 11.5 Å². The highest BCUT2D eigenvalue weighted by molar-refractivity contribution is 14.1. The van der Waals surface area contributed by atoms with Crippen LogP contribution in [0.2, 0.25) is 0 Å². The number of nitro groups is 1. The molecule has 0 aliphatic heterocycles. The number of benzene rings is 1. The van der Waals surface area contributed by atoms with Gasteiger partial charge in [0.1, 0.15) is 0 Å². The molecule has 8 heteroatoms. The fraction of sp³-hybridized carbons (Fsp3) is 0.214. The molecule has 0 aliphatic carbocycles. The first-order valence-corrected chi connectivity index (χ1v) is 7.23. The van der Waals surface area contributed by atoms with E-state index in [1.807, 2.05) is 0 Å². The molecule has 0 amide bonds. The lowest BCUT2D eigenvalue weighted by Crippen LogP contribution is -2.43. The van der Waals surface area contributed by atoms with Crippen LogP contribution in [0, 0.1) is 10.1 Å². The molecule has 1 aromatic carbocycles. The standard InChI is InChI=1S/C14H11F2IN2O3/c1-13(14(15,16)17,22-12-7-2-3-8-18-12)10-5-4-6-11(9-10)19(20)21/h2-9H,1H3/t13-/m1/s1. The van der Waals surface area contributed by atoms with E-state index < -0.39 is 14.5 Å². The van der Waals surface area contributed by atoms with E-state index in [0.29, 0.717) is 0 Å². The van der Waals surface area contributed by atoms with Gasteiger partial charge in [-0.2, -0.15) is 8.78 Å². The van der Waals surface area contributed by atoms with Gasteiger partial charge in [0, 0.05) is 52.6 Å². The minimum Gasteiger partial charge on any atom is -0.459 e.